The quantitative estimate of drug-likeness (QED) is 0.324. The Balaban J connectivity index is 1.10. The summed E-state index contributed by atoms with van der Waals surface area (Å²) in [6.45, 7) is 5.84. The summed E-state index contributed by atoms with van der Waals surface area (Å²) < 4.78 is 7.07. The van der Waals surface area contributed by atoms with Gasteiger partial charge in [-0.25, -0.2) is 9.48 Å². The van der Waals surface area contributed by atoms with Gasteiger partial charge >= 0.3 is 5.97 Å². The van der Waals surface area contributed by atoms with Crippen LogP contribution in [-0.2, 0) is 24.4 Å². The largest absolute Gasteiger partial charge is 0.482 e. The Bertz CT molecular complexity index is 1370. The second-order valence-electron chi connectivity index (χ2n) is 9.50. The highest BCUT2D eigenvalue weighted by Gasteiger charge is 2.18. The van der Waals surface area contributed by atoms with Crippen LogP contribution in [0.25, 0.3) is 11.1 Å². The molecule has 0 spiro atoms. The first-order valence-corrected chi connectivity index (χ1v) is 13.0. The zero-order chi connectivity index (χ0) is 26.3. The molecule has 1 aromatic heterocycles. The molecule has 1 saturated heterocycles. The van der Waals surface area contributed by atoms with Gasteiger partial charge in [-0.05, 0) is 52.6 Å². The fraction of sp³-hybridized carbons (Fsp3) is 0.276. The van der Waals surface area contributed by atoms with Gasteiger partial charge in [0.2, 0.25) is 0 Å². The number of carboxylic acid groups (broad SMARTS) is 1. The smallest absolute Gasteiger partial charge is 0.341 e. The third-order valence-corrected chi connectivity index (χ3v) is 6.80. The second-order valence-corrected chi connectivity index (χ2v) is 9.93. The molecule has 1 aliphatic rings. The molecule has 0 saturated carbocycles. The van der Waals surface area contributed by atoms with Crippen LogP contribution >= 0.6 is 11.6 Å². The van der Waals surface area contributed by atoms with Gasteiger partial charge in [0.15, 0.2) is 6.61 Å². The van der Waals surface area contributed by atoms with E-state index in [0.29, 0.717) is 12.3 Å². The number of carboxylic acids is 1. The monoisotopic (exact) mass is 531 g/mol. The van der Waals surface area contributed by atoms with E-state index in [1.165, 1.54) is 16.7 Å². The van der Waals surface area contributed by atoms with Gasteiger partial charge in [-0.1, -0.05) is 59.3 Å². The summed E-state index contributed by atoms with van der Waals surface area (Å²) in [5.74, 6) is -0.472. The standard InChI is InChI=1S/C29H30ClN5O3/c30-26-9-7-24(8-10-26)25-5-1-3-22(15-25)17-33-11-13-34(14-12-33)19-27-20-35(32-31-27)18-23-4-2-6-28(16-23)38-21-29(36)37/h1-10,15-16,20H,11-14,17-19,21H2,(H,36,37). The Morgan fingerprint density at radius 3 is 2.26 bits per heavy atom. The fourth-order valence-electron chi connectivity index (χ4n) is 4.64. The van der Waals surface area contributed by atoms with Crippen LogP contribution in [0.15, 0.2) is 79.0 Å². The molecule has 9 heteroatoms. The van der Waals surface area contributed by atoms with Crippen LogP contribution in [0.5, 0.6) is 5.75 Å². The van der Waals surface area contributed by atoms with Crippen molar-refractivity contribution in [3.05, 3.63) is 101 Å². The van der Waals surface area contributed by atoms with E-state index in [0.717, 1.165) is 55.5 Å². The molecule has 0 aliphatic carbocycles. The average molecular weight is 532 g/mol. The van der Waals surface area contributed by atoms with Crippen LogP contribution in [0.1, 0.15) is 16.8 Å². The third kappa shape index (κ3) is 7.19. The van der Waals surface area contributed by atoms with Crippen molar-refractivity contribution in [2.24, 2.45) is 0 Å². The first-order chi connectivity index (χ1) is 18.5. The van der Waals surface area contributed by atoms with Gasteiger partial charge in [-0.3, -0.25) is 9.80 Å². The molecule has 5 rings (SSSR count). The van der Waals surface area contributed by atoms with Crippen LogP contribution in [0.3, 0.4) is 0 Å². The van der Waals surface area contributed by atoms with Gasteiger partial charge in [0, 0.05) is 44.3 Å². The Morgan fingerprint density at radius 2 is 1.53 bits per heavy atom. The van der Waals surface area contributed by atoms with E-state index in [1.54, 1.807) is 10.7 Å². The minimum Gasteiger partial charge on any atom is -0.482 e. The zero-order valence-electron chi connectivity index (χ0n) is 21.0. The van der Waals surface area contributed by atoms with E-state index in [9.17, 15) is 4.79 Å². The number of benzene rings is 3. The van der Waals surface area contributed by atoms with Crippen molar-refractivity contribution in [1.29, 1.82) is 0 Å². The van der Waals surface area contributed by atoms with Crippen molar-refractivity contribution >= 4 is 17.6 Å². The average Bonchev–Trinajstić information content (AvgIpc) is 3.36. The molecular weight excluding hydrogens is 502 g/mol. The summed E-state index contributed by atoms with van der Waals surface area (Å²) in [4.78, 5) is 15.6. The number of ether oxygens (including phenoxy) is 1. The molecule has 3 aromatic carbocycles. The second kappa shape index (κ2) is 12.2. The van der Waals surface area contributed by atoms with Gasteiger partial charge in [0.25, 0.3) is 0 Å². The van der Waals surface area contributed by atoms with Crippen molar-refractivity contribution in [3.8, 4) is 16.9 Å². The highest BCUT2D eigenvalue weighted by molar-refractivity contribution is 6.30. The molecule has 1 aliphatic heterocycles. The fourth-order valence-corrected chi connectivity index (χ4v) is 4.76. The predicted molar refractivity (Wildman–Crippen MR) is 146 cm³/mol. The van der Waals surface area contributed by atoms with Gasteiger partial charge < -0.3 is 9.84 Å². The van der Waals surface area contributed by atoms with Gasteiger partial charge in [0.05, 0.1) is 18.4 Å². The van der Waals surface area contributed by atoms with E-state index >= 15 is 0 Å². The maximum atomic E-state index is 10.7. The molecule has 1 fully saturated rings. The number of halogens is 1. The number of rotatable bonds is 10. The molecular formula is C29H30ClN5O3. The molecule has 8 nitrogen and oxygen atoms in total. The number of aliphatic carboxylic acids is 1. The lowest BCUT2D eigenvalue weighted by molar-refractivity contribution is -0.139. The summed E-state index contributed by atoms with van der Waals surface area (Å²) in [5, 5.41) is 18.2. The molecule has 1 N–H and O–H groups in total. The van der Waals surface area contributed by atoms with E-state index < -0.39 is 5.97 Å². The molecule has 0 radical (unpaired) electrons. The van der Waals surface area contributed by atoms with E-state index in [-0.39, 0.29) is 6.61 Å². The van der Waals surface area contributed by atoms with Crippen molar-refractivity contribution in [1.82, 2.24) is 24.8 Å². The Morgan fingerprint density at radius 1 is 0.842 bits per heavy atom. The third-order valence-electron chi connectivity index (χ3n) is 6.55. The van der Waals surface area contributed by atoms with Crippen LogP contribution in [-0.4, -0.2) is 68.7 Å². The lowest BCUT2D eigenvalue weighted by Gasteiger charge is -2.34. The van der Waals surface area contributed by atoms with E-state index in [1.807, 2.05) is 36.5 Å². The van der Waals surface area contributed by atoms with Crippen molar-refractivity contribution < 1.29 is 14.6 Å². The molecule has 0 atom stereocenters. The Labute approximate surface area is 227 Å². The van der Waals surface area contributed by atoms with Gasteiger partial charge in [-0.15, -0.1) is 5.10 Å². The molecule has 4 aromatic rings. The maximum absolute atomic E-state index is 10.7. The van der Waals surface area contributed by atoms with Crippen molar-refractivity contribution in [2.75, 3.05) is 32.8 Å². The van der Waals surface area contributed by atoms with Crippen molar-refractivity contribution in [3.63, 3.8) is 0 Å². The first-order valence-electron chi connectivity index (χ1n) is 12.6. The molecule has 0 amide bonds. The number of aromatic nitrogens is 3. The lowest BCUT2D eigenvalue weighted by atomic mass is 10.0. The van der Waals surface area contributed by atoms with Crippen LogP contribution in [0, 0.1) is 0 Å². The summed E-state index contributed by atoms with van der Waals surface area (Å²) in [5.41, 5.74) is 5.60. The first kappa shape index (κ1) is 25.9. The summed E-state index contributed by atoms with van der Waals surface area (Å²) >= 11 is 6.04. The minimum atomic E-state index is -1.000. The summed E-state index contributed by atoms with van der Waals surface area (Å²) in [7, 11) is 0. The summed E-state index contributed by atoms with van der Waals surface area (Å²) in [6, 6.07) is 24.1. The lowest BCUT2D eigenvalue weighted by Crippen LogP contribution is -2.45. The molecule has 0 unspecified atom stereocenters. The van der Waals surface area contributed by atoms with Crippen LogP contribution < -0.4 is 4.74 Å². The number of piperazine rings is 1. The number of hydrogen-bond acceptors (Lipinski definition) is 6. The molecule has 0 bridgehead atoms. The molecule has 196 valence electrons. The number of nitrogens with zero attached hydrogens (tertiary/aromatic N) is 5. The van der Waals surface area contributed by atoms with E-state index in [4.69, 9.17) is 21.4 Å². The minimum absolute atomic E-state index is 0.361. The maximum Gasteiger partial charge on any atom is 0.341 e. The van der Waals surface area contributed by atoms with E-state index in [2.05, 4.69) is 56.5 Å². The van der Waals surface area contributed by atoms with Crippen molar-refractivity contribution in [2.45, 2.75) is 19.6 Å². The number of hydrogen-bond donors (Lipinski definition) is 1. The van der Waals surface area contributed by atoms with Gasteiger partial charge in [0.1, 0.15) is 5.75 Å². The highest BCUT2D eigenvalue weighted by atomic mass is 35.5. The topological polar surface area (TPSA) is 83.7 Å². The Hall–Kier alpha value is -3.72. The SMILES string of the molecule is O=C(O)COc1cccc(Cn2cc(CN3CCN(Cc4cccc(-c5ccc(Cl)cc5)c4)CC3)nn2)c1. The molecule has 38 heavy (non-hydrogen) atoms. The predicted octanol–water partition coefficient (Wildman–Crippen LogP) is 4.43. The summed E-state index contributed by atoms with van der Waals surface area (Å²) in [6.07, 6.45) is 1.97. The van der Waals surface area contributed by atoms with Crippen LogP contribution in [0.4, 0.5) is 0 Å². The highest BCUT2D eigenvalue weighted by Crippen LogP contribution is 2.23. The molecule has 2 heterocycles. The Kier molecular flexibility index (Phi) is 8.33. The zero-order valence-corrected chi connectivity index (χ0v) is 21.8. The van der Waals surface area contributed by atoms with Crippen LogP contribution in [0.2, 0.25) is 5.02 Å². The number of carbonyl (C=O) groups is 1. The van der Waals surface area contributed by atoms with Gasteiger partial charge in [-0.2, -0.15) is 0 Å². The normalized spacial score (nSPS) is 14.4.